The quantitative estimate of drug-likeness (QED) is 0.836. The second-order valence-corrected chi connectivity index (χ2v) is 5.11. The molecule has 0 radical (unpaired) electrons. The van der Waals surface area contributed by atoms with Gasteiger partial charge in [0.2, 0.25) is 0 Å². The number of aryl methyl sites for hydroxylation is 1. The summed E-state index contributed by atoms with van der Waals surface area (Å²) in [6.45, 7) is 1.95. The molecule has 1 aliphatic carbocycles. The standard InChI is InChI=1S/C14H19F2N/c1-10(17)2-3-11-4-6-12(7-5-11)14(15,16)13-8-9-13/h4-7,10,13H,2-3,8-9,17H2,1H3. The van der Waals surface area contributed by atoms with E-state index in [1.807, 2.05) is 6.92 Å². The minimum Gasteiger partial charge on any atom is -0.328 e. The first kappa shape index (κ1) is 12.5. The lowest BCUT2D eigenvalue weighted by Gasteiger charge is -2.16. The minimum absolute atomic E-state index is 0.155. The fraction of sp³-hybridized carbons (Fsp3) is 0.571. The van der Waals surface area contributed by atoms with Crippen LogP contribution in [0.15, 0.2) is 24.3 Å². The lowest BCUT2D eigenvalue weighted by Crippen LogP contribution is -2.16. The van der Waals surface area contributed by atoms with Gasteiger partial charge in [-0.15, -0.1) is 0 Å². The largest absolute Gasteiger partial charge is 0.328 e. The Balaban J connectivity index is 2.02. The molecule has 1 fully saturated rings. The number of rotatable bonds is 5. The average molecular weight is 239 g/mol. The third-order valence-electron chi connectivity index (χ3n) is 3.32. The van der Waals surface area contributed by atoms with Gasteiger partial charge in [0, 0.05) is 17.5 Å². The van der Waals surface area contributed by atoms with Crippen LogP contribution in [0.2, 0.25) is 0 Å². The van der Waals surface area contributed by atoms with Gasteiger partial charge < -0.3 is 5.73 Å². The Kier molecular flexibility index (Phi) is 3.48. The van der Waals surface area contributed by atoms with Crippen LogP contribution in [0.3, 0.4) is 0 Å². The van der Waals surface area contributed by atoms with Gasteiger partial charge in [-0.25, -0.2) is 8.78 Å². The SMILES string of the molecule is CC(N)CCc1ccc(C(F)(F)C2CC2)cc1. The first-order valence-corrected chi connectivity index (χ1v) is 6.23. The maximum absolute atomic E-state index is 13.8. The Morgan fingerprint density at radius 2 is 1.88 bits per heavy atom. The van der Waals surface area contributed by atoms with Gasteiger partial charge in [0.25, 0.3) is 5.92 Å². The number of nitrogens with two attached hydrogens (primary N) is 1. The van der Waals surface area contributed by atoms with Crippen LogP contribution in [-0.2, 0) is 12.3 Å². The predicted molar refractivity (Wildman–Crippen MR) is 65.0 cm³/mol. The van der Waals surface area contributed by atoms with Crippen molar-refractivity contribution < 1.29 is 8.78 Å². The van der Waals surface area contributed by atoms with Crippen molar-refractivity contribution in [2.75, 3.05) is 0 Å². The zero-order valence-corrected chi connectivity index (χ0v) is 10.1. The molecule has 0 aromatic heterocycles. The molecule has 2 N–H and O–H groups in total. The van der Waals surface area contributed by atoms with Crippen LogP contribution in [0.25, 0.3) is 0 Å². The van der Waals surface area contributed by atoms with E-state index in [-0.39, 0.29) is 11.6 Å². The number of benzene rings is 1. The van der Waals surface area contributed by atoms with Crippen molar-refractivity contribution in [3.05, 3.63) is 35.4 Å². The van der Waals surface area contributed by atoms with Crippen molar-refractivity contribution in [2.45, 2.75) is 44.6 Å². The van der Waals surface area contributed by atoms with E-state index in [9.17, 15) is 8.78 Å². The molecule has 1 atom stereocenters. The molecule has 0 bridgehead atoms. The third kappa shape index (κ3) is 3.03. The summed E-state index contributed by atoms with van der Waals surface area (Å²) in [4.78, 5) is 0. The fourth-order valence-corrected chi connectivity index (χ4v) is 1.97. The summed E-state index contributed by atoms with van der Waals surface area (Å²) < 4.78 is 27.5. The summed E-state index contributed by atoms with van der Waals surface area (Å²) in [7, 11) is 0. The van der Waals surface area contributed by atoms with E-state index in [0.29, 0.717) is 12.8 Å². The summed E-state index contributed by atoms with van der Waals surface area (Å²) in [5.74, 6) is -3.07. The highest BCUT2D eigenvalue weighted by Crippen LogP contribution is 2.49. The zero-order chi connectivity index (χ0) is 12.5. The first-order valence-electron chi connectivity index (χ1n) is 6.23. The van der Waals surface area contributed by atoms with E-state index < -0.39 is 11.8 Å². The Morgan fingerprint density at radius 1 is 1.29 bits per heavy atom. The summed E-state index contributed by atoms with van der Waals surface area (Å²) >= 11 is 0. The van der Waals surface area contributed by atoms with Crippen LogP contribution >= 0.6 is 0 Å². The van der Waals surface area contributed by atoms with Gasteiger partial charge in [0.05, 0.1) is 0 Å². The molecule has 3 heteroatoms. The fourth-order valence-electron chi connectivity index (χ4n) is 1.97. The molecule has 17 heavy (non-hydrogen) atoms. The van der Waals surface area contributed by atoms with Crippen molar-refractivity contribution in [2.24, 2.45) is 11.7 Å². The van der Waals surface area contributed by atoms with Crippen LogP contribution in [0.1, 0.15) is 37.3 Å². The second kappa shape index (κ2) is 4.73. The third-order valence-corrected chi connectivity index (χ3v) is 3.32. The highest BCUT2D eigenvalue weighted by atomic mass is 19.3. The molecule has 0 aliphatic heterocycles. The van der Waals surface area contributed by atoms with Crippen LogP contribution < -0.4 is 5.73 Å². The number of hydrogen-bond donors (Lipinski definition) is 1. The van der Waals surface area contributed by atoms with Crippen molar-refractivity contribution >= 4 is 0 Å². The Morgan fingerprint density at radius 3 is 2.35 bits per heavy atom. The molecule has 1 aliphatic rings. The summed E-state index contributed by atoms with van der Waals surface area (Å²) in [6, 6.07) is 6.88. The number of alkyl halides is 2. The van der Waals surface area contributed by atoms with Crippen LogP contribution in [0, 0.1) is 5.92 Å². The lowest BCUT2D eigenvalue weighted by atomic mass is 10.00. The molecular weight excluding hydrogens is 220 g/mol. The van der Waals surface area contributed by atoms with Gasteiger partial charge in [-0.3, -0.25) is 0 Å². The van der Waals surface area contributed by atoms with Crippen molar-refractivity contribution in [1.82, 2.24) is 0 Å². The summed E-state index contributed by atoms with van der Waals surface area (Å²) in [6.07, 6.45) is 3.05. The normalized spacial score (nSPS) is 18.1. The minimum atomic E-state index is -2.64. The maximum Gasteiger partial charge on any atom is 0.276 e. The molecule has 1 aromatic rings. The summed E-state index contributed by atoms with van der Waals surface area (Å²) in [5.41, 5.74) is 6.91. The van der Waals surface area contributed by atoms with E-state index in [0.717, 1.165) is 18.4 Å². The molecule has 0 saturated heterocycles. The monoisotopic (exact) mass is 239 g/mol. The van der Waals surface area contributed by atoms with Gasteiger partial charge >= 0.3 is 0 Å². The van der Waals surface area contributed by atoms with E-state index in [1.54, 1.807) is 24.3 Å². The second-order valence-electron chi connectivity index (χ2n) is 5.11. The highest BCUT2D eigenvalue weighted by molar-refractivity contribution is 5.27. The molecular formula is C14H19F2N. The van der Waals surface area contributed by atoms with Crippen molar-refractivity contribution in [3.8, 4) is 0 Å². The molecule has 0 amide bonds. The van der Waals surface area contributed by atoms with Gasteiger partial charge in [0.15, 0.2) is 0 Å². The van der Waals surface area contributed by atoms with Gasteiger partial charge in [-0.1, -0.05) is 24.3 Å². The molecule has 1 unspecified atom stereocenters. The Bertz CT molecular complexity index is 366. The van der Waals surface area contributed by atoms with Crippen molar-refractivity contribution in [3.63, 3.8) is 0 Å². The highest BCUT2D eigenvalue weighted by Gasteiger charge is 2.47. The Labute approximate surface area is 101 Å². The van der Waals surface area contributed by atoms with E-state index in [2.05, 4.69) is 0 Å². The first-order chi connectivity index (χ1) is 8.00. The molecule has 1 nitrogen and oxygen atoms in total. The molecule has 1 aromatic carbocycles. The zero-order valence-electron chi connectivity index (χ0n) is 10.1. The average Bonchev–Trinajstić information content (AvgIpc) is 3.11. The van der Waals surface area contributed by atoms with E-state index >= 15 is 0 Å². The maximum atomic E-state index is 13.8. The topological polar surface area (TPSA) is 26.0 Å². The van der Waals surface area contributed by atoms with Gasteiger partial charge in [-0.2, -0.15) is 0 Å². The molecule has 1 saturated carbocycles. The smallest absolute Gasteiger partial charge is 0.276 e. The lowest BCUT2D eigenvalue weighted by molar-refractivity contribution is -0.0285. The number of hydrogen-bond acceptors (Lipinski definition) is 1. The molecule has 0 spiro atoms. The predicted octanol–water partition coefficient (Wildman–Crippen LogP) is 3.47. The molecule has 2 rings (SSSR count). The van der Waals surface area contributed by atoms with Crippen LogP contribution in [0.5, 0.6) is 0 Å². The van der Waals surface area contributed by atoms with Gasteiger partial charge in [-0.05, 0) is 38.2 Å². The van der Waals surface area contributed by atoms with E-state index in [4.69, 9.17) is 5.73 Å². The summed E-state index contributed by atoms with van der Waals surface area (Å²) in [5, 5.41) is 0. The van der Waals surface area contributed by atoms with Gasteiger partial charge in [0.1, 0.15) is 0 Å². The van der Waals surface area contributed by atoms with Crippen molar-refractivity contribution in [1.29, 1.82) is 0 Å². The molecule has 0 heterocycles. The number of halogens is 2. The Hall–Kier alpha value is -0.960. The van der Waals surface area contributed by atoms with Crippen LogP contribution in [-0.4, -0.2) is 6.04 Å². The molecule has 94 valence electrons. The van der Waals surface area contributed by atoms with Crippen LogP contribution in [0.4, 0.5) is 8.78 Å². The van der Waals surface area contributed by atoms with E-state index in [1.165, 1.54) is 0 Å².